The van der Waals surface area contributed by atoms with E-state index in [1.54, 1.807) is 18.2 Å². The predicted octanol–water partition coefficient (Wildman–Crippen LogP) is 1.31. The molecule has 1 heterocycles. The number of carboxylic acids is 1. The Bertz CT molecular complexity index is 715. The van der Waals surface area contributed by atoms with Gasteiger partial charge in [-0.15, -0.1) is 0 Å². The molecule has 1 aromatic carbocycles. The highest BCUT2D eigenvalue weighted by molar-refractivity contribution is 7.71. The van der Waals surface area contributed by atoms with Gasteiger partial charge in [-0.3, -0.25) is 5.10 Å². The number of nitrogens with zero attached hydrogens (tertiary/aromatic N) is 3. The lowest BCUT2D eigenvalue weighted by atomic mass is 10.1. The topological polar surface area (TPSA) is 86.1 Å². The van der Waals surface area contributed by atoms with Crippen LogP contribution in [0.2, 0.25) is 0 Å². The molecule has 0 aliphatic carbocycles. The fourth-order valence-electron chi connectivity index (χ4n) is 1.70. The molecule has 0 aliphatic rings. The number of aromatic amines is 1. The Kier molecular flexibility index (Phi) is 4.09. The minimum absolute atomic E-state index is 0.0809. The van der Waals surface area contributed by atoms with Gasteiger partial charge in [-0.1, -0.05) is 38.1 Å². The lowest BCUT2D eigenvalue weighted by Gasteiger charge is -2.06. The number of hydrogen-bond acceptors (Lipinski definition) is 5. The standard InChI is InChI=1S/C13H14N4O2S/c1-8(2)11-15-16-13(20)17(11)14-7-9-5-3-4-6-10(9)12(18)19/h3-8H,1-2H3,(H,16,20)(H,18,19)/p-1. The monoisotopic (exact) mass is 289 g/mol. The van der Waals surface area contributed by atoms with Crippen molar-refractivity contribution in [2.75, 3.05) is 0 Å². The zero-order valence-corrected chi connectivity index (χ0v) is 11.8. The Balaban J connectivity index is 2.43. The molecule has 20 heavy (non-hydrogen) atoms. The van der Waals surface area contributed by atoms with Crippen molar-refractivity contribution in [3.63, 3.8) is 0 Å². The maximum absolute atomic E-state index is 11.0. The van der Waals surface area contributed by atoms with Crippen LogP contribution in [0.25, 0.3) is 0 Å². The third kappa shape index (κ3) is 2.83. The lowest BCUT2D eigenvalue weighted by molar-refractivity contribution is -0.255. The van der Waals surface area contributed by atoms with E-state index < -0.39 is 5.97 Å². The highest BCUT2D eigenvalue weighted by atomic mass is 32.1. The number of carbonyl (C=O) groups is 1. The molecule has 0 bridgehead atoms. The van der Waals surface area contributed by atoms with E-state index in [1.165, 1.54) is 17.0 Å². The summed E-state index contributed by atoms with van der Waals surface area (Å²) in [4.78, 5) is 11.0. The Hall–Kier alpha value is -2.28. The summed E-state index contributed by atoms with van der Waals surface area (Å²) in [5, 5.41) is 22.0. The molecule has 0 unspecified atom stereocenters. The van der Waals surface area contributed by atoms with Crippen molar-refractivity contribution in [1.29, 1.82) is 0 Å². The van der Waals surface area contributed by atoms with E-state index in [-0.39, 0.29) is 11.5 Å². The van der Waals surface area contributed by atoms with E-state index in [2.05, 4.69) is 15.3 Å². The largest absolute Gasteiger partial charge is 0.545 e. The van der Waals surface area contributed by atoms with Gasteiger partial charge < -0.3 is 9.90 Å². The predicted molar refractivity (Wildman–Crippen MR) is 75.3 cm³/mol. The SMILES string of the molecule is CC(C)c1n[nH]c(=S)n1N=Cc1ccccc1C(=O)[O-]. The molecule has 0 fully saturated rings. The molecule has 0 radical (unpaired) electrons. The fraction of sp³-hybridized carbons (Fsp3) is 0.231. The number of hydrogen-bond donors (Lipinski definition) is 1. The number of carbonyl (C=O) groups excluding carboxylic acids is 1. The highest BCUT2D eigenvalue weighted by Crippen LogP contribution is 2.12. The second-order valence-electron chi connectivity index (χ2n) is 4.47. The van der Waals surface area contributed by atoms with Crippen LogP contribution in [0.15, 0.2) is 29.4 Å². The molecular formula is C13H13N4O2S-. The summed E-state index contributed by atoms with van der Waals surface area (Å²) < 4.78 is 1.84. The Morgan fingerprint density at radius 2 is 2.20 bits per heavy atom. The van der Waals surface area contributed by atoms with E-state index >= 15 is 0 Å². The van der Waals surface area contributed by atoms with Gasteiger partial charge in [0, 0.05) is 17.0 Å². The van der Waals surface area contributed by atoms with Crippen molar-refractivity contribution in [1.82, 2.24) is 14.9 Å². The Labute approximate surface area is 120 Å². The molecule has 2 rings (SSSR count). The van der Waals surface area contributed by atoms with E-state index in [0.717, 1.165) is 0 Å². The molecule has 0 spiro atoms. The van der Waals surface area contributed by atoms with E-state index in [0.29, 0.717) is 16.2 Å². The average molecular weight is 289 g/mol. The third-order valence-corrected chi connectivity index (χ3v) is 2.95. The summed E-state index contributed by atoms with van der Waals surface area (Å²) in [5.41, 5.74) is 0.530. The van der Waals surface area contributed by atoms with Gasteiger partial charge in [0.15, 0.2) is 5.82 Å². The Morgan fingerprint density at radius 3 is 2.85 bits per heavy atom. The summed E-state index contributed by atoms with van der Waals surface area (Å²) in [6, 6.07) is 6.47. The van der Waals surface area contributed by atoms with Crippen LogP contribution >= 0.6 is 12.2 Å². The van der Waals surface area contributed by atoms with Gasteiger partial charge in [-0.2, -0.15) is 14.9 Å². The first-order valence-electron chi connectivity index (χ1n) is 6.02. The summed E-state index contributed by atoms with van der Waals surface area (Å²) in [5.74, 6) is -0.430. The summed E-state index contributed by atoms with van der Waals surface area (Å²) in [7, 11) is 0. The molecule has 0 saturated heterocycles. The van der Waals surface area contributed by atoms with Crippen LogP contribution in [0.5, 0.6) is 0 Å². The number of aromatic carboxylic acids is 1. The average Bonchev–Trinajstić information content (AvgIpc) is 2.78. The van der Waals surface area contributed by atoms with Crippen molar-refractivity contribution in [2.45, 2.75) is 19.8 Å². The first kappa shape index (κ1) is 14.1. The number of nitrogens with one attached hydrogen (secondary N) is 1. The van der Waals surface area contributed by atoms with Crippen molar-refractivity contribution >= 4 is 24.4 Å². The molecule has 2 aromatic rings. The first-order chi connectivity index (χ1) is 9.50. The van der Waals surface area contributed by atoms with E-state index in [1.807, 2.05) is 13.8 Å². The first-order valence-corrected chi connectivity index (χ1v) is 6.43. The zero-order chi connectivity index (χ0) is 14.7. The second-order valence-corrected chi connectivity index (χ2v) is 4.86. The van der Waals surface area contributed by atoms with Gasteiger partial charge in [-0.25, -0.2) is 0 Å². The molecule has 0 amide bonds. The summed E-state index contributed by atoms with van der Waals surface area (Å²) in [6.07, 6.45) is 1.43. The highest BCUT2D eigenvalue weighted by Gasteiger charge is 2.09. The number of carboxylic acid groups (broad SMARTS) is 1. The van der Waals surface area contributed by atoms with Gasteiger partial charge in [0.1, 0.15) is 0 Å². The number of rotatable bonds is 4. The molecule has 0 aliphatic heterocycles. The number of aromatic nitrogens is 3. The van der Waals surface area contributed by atoms with Crippen molar-refractivity contribution in [2.24, 2.45) is 5.10 Å². The number of benzene rings is 1. The molecule has 1 aromatic heterocycles. The second kappa shape index (κ2) is 5.79. The Morgan fingerprint density at radius 1 is 1.50 bits per heavy atom. The summed E-state index contributed by atoms with van der Waals surface area (Å²) >= 11 is 5.09. The summed E-state index contributed by atoms with van der Waals surface area (Å²) in [6.45, 7) is 3.93. The van der Waals surface area contributed by atoms with Gasteiger partial charge in [0.05, 0.1) is 12.2 Å². The van der Waals surface area contributed by atoms with Gasteiger partial charge in [0.25, 0.3) is 0 Å². The zero-order valence-electron chi connectivity index (χ0n) is 11.0. The molecule has 0 atom stereocenters. The van der Waals surface area contributed by atoms with Crippen LogP contribution in [-0.4, -0.2) is 27.1 Å². The van der Waals surface area contributed by atoms with Crippen LogP contribution in [-0.2, 0) is 0 Å². The minimum atomic E-state index is -1.24. The lowest BCUT2D eigenvalue weighted by Crippen LogP contribution is -2.23. The molecule has 1 N–H and O–H groups in total. The molecule has 6 nitrogen and oxygen atoms in total. The van der Waals surface area contributed by atoms with Gasteiger partial charge in [0.2, 0.25) is 4.77 Å². The third-order valence-electron chi connectivity index (χ3n) is 2.68. The minimum Gasteiger partial charge on any atom is -0.545 e. The molecule has 104 valence electrons. The van der Waals surface area contributed by atoms with E-state index in [9.17, 15) is 9.90 Å². The van der Waals surface area contributed by atoms with Crippen LogP contribution in [0, 0.1) is 4.77 Å². The molecule has 7 heteroatoms. The molecule has 0 saturated carbocycles. The van der Waals surface area contributed by atoms with Crippen LogP contribution < -0.4 is 5.11 Å². The van der Waals surface area contributed by atoms with Crippen LogP contribution in [0.3, 0.4) is 0 Å². The maximum Gasteiger partial charge on any atom is 0.216 e. The van der Waals surface area contributed by atoms with Crippen LogP contribution in [0.1, 0.15) is 41.5 Å². The quantitative estimate of drug-likeness (QED) is 0.679. The van der Waals surface area contributed by atoms with Crippen LogP contribution in [0.4, 0.5) is 0 Å². The van der Waals surface area contributed by atoms with Gasteiger partial charge in [-0.05, 0) is 12.2 Å². The normalized spacial score (nSPS) is 11.3. The van der Waals surface area contributed by atoms with E-state index in [4.69, 9.17) is 12.2 Å². The molecular weight excluding hydrogens is 276 g/mol. The number of H-pyrrole nitrogens is 1. The van der Waals surface area contributed by atoms with Gasteiger partial charge >= 0.3 is 0 Å². The van der Waals surface area contributed by atoms with Crippen molar-refractivity contribution in [3.05, 3.63) is 46.0 Å². The fourth-order valence-corrected chi connectivity index (χ4v) is 1.89. The smallest absolute Gasteiger partial charge is 0.216 e. The maximum atomic E-state index is 11.0. The van der Waals surface area contributed by atoms with Crippen molar-refractivity contribution < 1.29 is 9.90 Å². The van der Waals surface area contributed by atoms with Crippen molar-refractivity contribution in [3.8, 4) is 0 Å².